The third-order valence-electron chi connectivity index (χ3n) is 32.9. The molecule has 12 aliphatic carbocycles. The van der Waals surface area contributed by atoms with Crippen LogP contribution < -0.4 is 0 Å². The van der Waals surface area contributed by atoms with Crippen LogP contribution in [0.4, 0.5) is 0 Å². The van der Waals surface area contributed by atoms with Crippen LogP contribution in [0.5, 0.6) is 0 Å². The summed E-state index contributed by atoms with van der Waals surface area (Å²) in [5.74, 6) is 18.2. The van der Waals surface area contributed by atoms with Crippen molar-refractivity contribution in [2.75, 3.05) is 0 Å². The van der Waals surface area contributed by atoms with Crippen LogP contribution in [0.3, 0.4) is 0 Å². The van der Waals surface area contributed by atoms with E-state index in [1.165, 1.54) is 159 Å². The smallest absolute Gasteiger partial charge is 0.159 e. The van der Waals surface area contributed by atoms with Gasteiger partial charge in [0, 0.05) is 31.3 Å². The van der Waals surface area contributed by atoms with E-state index >= 15 is 0 Å². The SMILES string of the molecule is CC[C@H](/C=C/[C@@H](C)[C@H]1CCC2[C@@H]3CCC4=CC(=O)CC[C@]4(C)C3CC[C@@]21C)C(C)C.CC[C@H](CC[C@@H](C)[C@H]1CCC2[C@@H]3CC(=O)C4=CC(=O)CC[C@]4(C)C3CC[C@@]21C)C(C)C.CC[C@H](CC[C@@H](C)[C@H]1CCC2[C@@H]3CCC4=CC(=O)CC[C@]4(C)C3CC[C@@]21C)C(C)C. The molecule has 0 saturated heterocycles. The molecule has 91 heavy (non-hydrogen) atoms. The second kappa shape index (κ2) is 28.2. The van der Waals surface area contributed by atoms with Gasteiger partial charge in [-0.2, -0.15) is 0 Å². The Morgan fingerprint density at radius 1 is 0.396 bits per heavy atom. The molecule has 12 aliphatic rings. The lowest BCUT2D eigenvalue weighted by Gasteiger charge is -2.58. The molecule has 0 aromatic heterocycles. The molecule has 4 nitrogen and oxygen atoms in total. The minimum Gasteiger partial charge on any atom is -0.295 e. The third kappa shape index (κ3) is 13.3. The average molecular weight is 1250 g/mol. The van der Waals surface area contributed by atoms with Crippen LogP contribution in [0, 0.1) is 157 Å². The van der Waals surface area contributed by atoms with Gasteiger partial charge in [0.15, 0.2) is 23.1 Å². The second-order valence-corrected chi connectivity index (χ2v) is 37.6. The Labute approximate surface area is 560 Å². The topological polar surface area (TPSA) is 68.3 Å². The molecule has 0 amide bonds. The first kappa shape index (κ1) is 71.4. The molecule has 512 valence electrons. The third-order valence-corrected chi connectivity index (χ3v) is 32.9. The van der Waals surface area contributed by atoms with Crippen LogP contribution in [-0.4, -0.2) is 23.1 Å². The summed E-state index contributed by atoms with van der Waals surface area (Å²) in [6, 6.07) is 0. The standard InChI is InChI=1S/C29H46O2.C29H48O.C29H46O/c1-7-20(18(2)3)9-8-19(4)23-10-11-24-22-17-27(31)26-16-21(30)12-14-29(26,6)25(22)13-15-28(23,24)5;2*1-7-21(19(2)3)9-8-20(4)25-12-13-26-24-11-10-22-18-23(30)14-16-28(22,5)27(24)15-17-29(25,26)6/h16,18-20,22-25H,7-15,17H2,1-6H3;18-21,24-27H,7-17H2,1-6H3;8-9,18-21,24-27H,7,10-17H2,1-6H3/b;;9-8+/t19-,20-,22+,23-,24?,25?,28-,29-;2*20-,21-,24+,25-,26?,27?,28+,29-/m111/s1. The van der Waals surface area contributed by atoms with Gasteiger partial charge in [-0.1, -0.05) is 174 Å². The first-order chi connectivity index (χ1) is 43.0. The summed E-state index contributed by atoms with van der Waals surface area (Å²) in [5.41, 5.74) is 6.00. The van der Waals surface area contributed by atoms with Crippen molar-refractivity contribution in [1.29, 1.82) is 0 Å². The highest BCUT2D eigenvalue weighted by atomic mass is 16.1. The van der Waals surface area contributed by atoms with Gasteiger partial charge in [-0.15, -0.1) is 0 Å². The number of Topliss-reactive ketones (excluding diaryl/α,β-unsaturated/α-hetero) is 1. The molecule has 9 saturated carbocycles. The van der Waals surface area contributed by atoms with Gasteiger partial charge in [-0.05, 0) is 316 Å². The Kier molecular flexibility index (Phi) is 22.2. The van der Waals surface area contributed by atoms with Gasteiger partial charge in [0.25, 0.3) is 0 Å². The summed E-state index contributed by atoms with van der Waals surface area (Å²) >= 11 is 0. The molecule has 0 aliphatic heterocycles. The van der Waals surface area contributed by atoms with E-state index in [9.17, 15) is 19.2 Å². The van der Waals surface area contributed by atoms with E-state index < -0.39 is 0 Å². The normalized spacial score (nSPS) is 42.7. The average Bonchev–Trinajstić information content (AvgIpc) is 1.72. The molecule has 6 unspecified atom stereocenters. The van der Waals surface area contributed by atoms with E-state index in [0.717, 1.165) is 138 Å². The van der Waals surface area contributed by atoms with E-state index in [4.69, 9.17) is 0 Å². The molecular formula is C87H140O4. The zero-order valence-corrected chi connectivity index (χ0v) is 62.4. The first-order valence-electron chi connectivity index (χ1n) is 40.0. The number of rotatable bonds is 17. The molecule has 9 fully saturated rings. The Balaban J connectivity index is 0.000000150. The first-order valence-corrected chi connectivity index (χ1v) is 40.0. The van der Waals surface area contributed by atoms with E-state index in [-0.39, 0.29) is 11.2 Å². The Morgan fingerprint density at radius 2 is 0.791 bits per heavy atom. The number of carbonyl (C=O) groups is 4. The molecule has 0 N–H and O–H groups in total. The van der Waals surface area contributed by atoms with Gasteiger partial charge in [0.1, 0.15) is 0 Å². The number of carbonyl (C=O) groups excluding carboxylic acids is 4. The Hall–Kier alpha value is -2.36. The summed E-state index contributed by atoms with van der Waals surface area (Å²) in [6.45, 7) is 44.3. The maximum Gasteiger partial charge on any atom is 0.159 e. The van der Waals surface area contributed by atoms with E-state index in [0.29, 0.717) is 80.9 Å². The number of allylic oxidation sites excluding steroid dienone is 5. The van der Waals surface area contributed by atoms with Crippen LogP contribution in [-0.2, 0) is 19.2 Å². The van der Waals surface area contributed by atoms with Crippen LogP contribution in [0.2, 0.25) is 0 Å². The molecule has 0 aromatic rings. The van der Waals surface area contributed by atoms with Gasteiger partial charge >= 0.3 is 0 Å². The van der Waals surface area contributed by atoms with Crippen LogP contribution in [0.25, 0.3) is 0 Å². The summed E-state index contributed by atoms with van der Waals surface area (Å²) < 4.78 is 0. The fourth-order valence-corrected chi connectivity index (χ4v) is 27.0. The quantitative estimate of drug-likeness (QED) is 0.136. The Morgan fingerprint density at radius 3 is 1.21 bits per heavy atom. The largest absolute Gasteiger partial charge is 0.295 e. The van der Waals surface area contributed by atoms with E-state index in [2.05, 4.69) is 149 Å². The monoisotopic (exact) mass is 1250 g/mol. The van der Waals surface area contributed by atoms with Gasteiger partial charge < -0.3 is 0 Å². The fraction of sp³-hybridized carbons (Fsp3) is 0.862. The zero-order valence-electron chi connectivity index (χ0n) is 62.4. The molecule has 4 heteroatoms. The minimum atomic E-state index is -0.0510. The molecule has 0 spiro atoms. The molecule has 12 rings (SSSR count). The molecular weight excluding hydrogens is 1110 g/mol. The molecule has 0 heterocycles. The lowest BCUT2D eigenvalue weighted by Crippen LogP contribution is -2.53. The fourth-order valence-electron chi connectivity index (χ4n) is 27.0. The van der Waals surface area contributed by atoms with Crippen molar-refractivity contribution >= 4 is 23.1 Å². The molecule has 0 bridgehead atoms. The molecule has 0 aromatic carbocycles. The van der Waals surface area contributed by atoms with Gasteiger partial charge in [-0.25, -0.2) is 0 Å². The highest BCUT2D eigenvalue weighted by Gasteiger charge is 2.63. The van der Waals surface area contributed by atoms with Crippen molar-refractivity contribution in [1.82, 2.24) is 0 Å². The summed E-state index contributed by atoms with van der Waals surface area (Å²) in [4.78, 5) is 49.4. The molecule has 0 radical (unpaired) electrons. The van der Waals surface area contributed by atoms with Crippen molar-refractivity contribution in [2.45, 2.75) is 317 Å². The van der Waals surface area contributed by atoms with Gasteiger partial charge in [0.2, 0.25) is 0 Å². The number of fused-ring (bicyclic) bond motifs is 15. The lowest BCUT2D eigenvalue weighted by molar-refractivity contribution is -0.131. The minimum absolute atomic E-state index is 0.0510. The summed E-state index contributed by atoms with van der Waals surface area (Å²) in [6.07, 6.45) is 48.3. The summed E-state index contributed by atoms with van der Waals surface area (Å²) in [7, 11) is 0. The lowest BCUT2D eigenvalue weighted by atomic mass is 9.46. The zero-order chi connectivity index (χ0) is 65.9. The van der Waals surface area contributed by atoms with Crippen molar-refractivity contribution in [2.24, 2.45) is 157 Å². The van der Waals surface area contributed by atoms with Crippen LogP contribution in [0.15, 0.2) is 47.1 Å². The summed E-state index contributed by atoms with van der Waals surface area (Å²) in [5, 5.41) is 0. The number of hydrogen-bond acceptors (Lipinski definition) is 4. The number of ketones is 4. The predicted molar refractivity (Wildman–Crippen MR) is 382 cm³/mol. The Bertz CT molecular complexity index is 2710. The predicted octanol–water partition coefficient (Wildman–Crippen LogP) is 23.7. The number of hydrogen-bond donors (Lipinski definition) is 0. The van der Waals surface area contributed by atoms with Crippen molar-refractivity contribution < 1.29 is 19.2 Å². The van der Waals surface area contributed by atoms with E-state index in [1.54, 1.807) is 6.08 Å². The highest BCUT2D eigenvalue weighted by Crippen LogP contribution is 2.71. The second-order valence-electron chi connectivity index (χ2n) is 37.6. The van der Waals surface area contributed by atoms with Crippen LogP contribution in [0.1, 0.15) is 317 Å². The van der Waals surface area contributed by atoms with Gasteiger partial charge in [0.05, 0.1) is 0 Å². The van der Waals surface area contributed by atoms with E-state index in [1.807, 2.05) is 0 Å². The highest BCUT2D eigenvalue weighted by molar-refractivity contribution is 6.06. The van der Waals surface area contributed by atoms with Gasteiger partial charge in [-0.3, -0.25) is 19.2 Å². The maximum absolute atomic E-state index is 13.2. The molecule has 24 atom stereocenters. The van der Waals surface area contributed by atoms with Crippen molar-refractivity contribution in [3.8, 4) is 0 Å². The van der Waals surface area contributed by atoms with Crippen molar-refractivity contribution in [3.63, 3.8) is 0 Å². The van der Waals surface area contributed by atoms with Crippen LogP contribution >= 0.6 is 0 Å². The van der Waals surface area contributed by atoms with Crippen molar-refractivity contribution in [3.05, 3.63) is 47.1 Å². The maximum atomic E-state index is 13.2.